The summed E-state index contributed by atoms with van der Waals surface area (Å²) in [6, 6.07) is 3.05. The summed E-state index contributed by atoms with van der Waals surface area (Å²) in [5.74, 6) is -6.20. The molecule has 0 fully saturated rings. The molecular formula is C32H38FIN2O8. The first-order valence-electron chi connectivity index (χ1n) is 14.4. The van der Waals surface area contributed by atoms with E-state index in [1.807, 2.05) is 22.6 Å². The fourth-order valence-electron chi connectivity index (χ4n) is 5.58. The molecule has 2 N–H and O–H groups in total. The summed E-state index contributed by atoms with van der Waals surface area (Å²) < 4.78 is 39.2. The third-order valence-corrected chi connectivity index (χ3v) is 7.84. The number of allylic oxidation sites excluding steroid dienone is 4. The lowest BCUT2D eigenvalue weighted by Gasteiger charge is -2.33. The van der Waals surface area contributed by atoms with Gasteiger partial charge in [-0.05, 0) is 90.1 Å². The van der Waals surface area contributed by atoms with E-state index in [2.05, 4.69) is 10.6 Å². The molecule has 0 amide bonds. The van der Waals surface area contributed by atoms with Gasteiger partial charge in [0.15, 0.2) is 0 Å². The van der Waals surface area contributed by atoms with E-state index in [4.69, 9.17) is 18.9 Å². The Labute approximate surface area is 270 Å². The van der Waals surface area contributed by atoms with Gasteiger partial charge in [-0.1, -0.05) is 0 Å². The Hall–Kier alpha value is -3.68. The summed E-state index contributed by atoms with van der Waals surface area (Å²) >= 11 is 2.00. The minimum absolute atomic E-state index is 0.0292. The van der Waals surface area contributed by atoms with Crippen LogP contribution in [0.15, 0.2) is 57.2 Å². The lowest BCUT2D eigenvalue weighted by Crippen LogP contribution is -2.34. The average Bonchev–Trinajstić information content (AvgIpc) is 2.93. The molecular weight excluding hydrogens is 686 g/mol. The number of dihydropyridines is 2. The van der Waals surface area contributed by atoms with Crippen LogP contribution in [0.2, 0.25) is 0 Å². The lowest BCUT2D eigenvalue weighted by atomic mass is 9.76. The predicted octanol–water partition coefficient (Wildman–Crippen LogP) is 5.15. The van der Waals surface area contributed by atoms with Gasteiger partial charge in [-0.2, -0.15) is 0 Å². The number of carbonyl (C=O) groups is 4. The highest BCUT2D eigenvalue weighted by molar-refractivity contribution is 14.1. The quantitative estimate of drug-likeness (QED) is 0.190. The Morgan fingerprint density at radius 2 is 0.864 bits per heavy atom. The number of carbonyl (C=O) groups excluding carboxylic acids is 4. The molecule has 1 aromatic carbocycles. The molecule has 238 valence electrons. The van der Waals surface area contributed by atoms with Crippen molar-refractivity contribution in [1.82, 2.24) is 10.6 Å². The van der Waals surface area contributed by atoms with Gasteiger partial charge < -0.3 is 29.6 Å². The van der Waals surface area contributed by atoms with Gasteiger partial charge in [0, 0.05) is 37.5 Å². The molecule has 2 heterocycles. The van der Waals surface area contributed by atoms with Crippen molar-refractivity contribution >= 4 is 46.5 Å². The predicted molar refractivity (Wildman–Crippen MR) is 168 cm³/mol. The molecule has 0 aliphatic carbocycles. The Bertz CT molecular complexity index is 1320. The number of hydrogen-bond donors (Lipinski definition) is 2. The van der Waals surface area contributed by atoms with E-state index < -0.39 is 41.5 Å². The van der Waals surface area contributed by atoms with E-state index in [-0.39, 0.29) is 59.8 Å². The van der Waals surface area contributed by atoms with Gasteiger partial charge in [-0.15, -0.1) is 0 Å². The van der Waals surface area contributed by atoms with Crippen molar-refractivity contribution in [3.05, 3.63) is 77.7 Å². The molecule has 0 bridgehead atoms. The van der Waals surface area contributed by atoms with E-state index >= 15 is 4.39 Å². The van der Waals surface area contributed by atoms with Crippen LogP contribution in [-0.4, -0.2) is 50.3 Å². The summed E-state index contributed by atoms with van der Waals surface area (Å²) in [5.41, 5.74) is 1.60. The molecule has 0 saturated carbocycles. The minimum Gasteiger partial charge on any atom is -0.463 e. The molecule has 3 rings (SSSR count). The number of hydrogen-bond acceptors (Lipinski definition) is 10. The highest BCUT2D eigenvalue weighted by Gasteiger charge is 2.43. The second kappa shape index (κ2) is 14.9. The number of ether oxygens (including phenoxy) is 4. The largest absolute Gasteiger partial charge is 0.463 e. The second-order valence-corrected chi connectivity index (χ2v) is 11.3. The first kappa shape index (κ1) is 34.8. The first-order valence-corrected chi connectivity index (χ1v) is 15.5. The zero-order valence-electron chi connectivity index (χ0n) is 26.2. The zero-order valence-corrected chi connectivity index (χ0v) is 28.3. The van der Waals surface area contributed by atoms with Crippen molar-refractivity contribution in [3.63, 3.8) is 0 Å². The van der Waals surface area contributed by atoms with Crippen molar-refractivity contribution in [1.29, 1.82) is 0 Å². The third-order valence-electron chi connectivity index (χ3n) is 7.22. The van der Waals surface area contributed by atoms with Gasteiger partial charge >= 0.3 is 23.9 Å². The van der Waals surface area contributed by atoms with Crippen molar-refractivity contribution in [2.75, 3.05) is 26.4 Å². The molecule has 10 nitrogen and oxygen atoms in total. The molecule has 0 spiro atoms. The maximum atomic E-state index is 17.3. The molecule has 12 heteroatoms. The molecule has 0 radical (unpaired) electrons. The summed E-state index contributed by atoms with van der Waals surface area (Å²) in [6.07, 6.45) is 0. The number of halogens is 2. The van der Waals surface area contributed by atoms with E-state index in [9.17, 15) is 19.2 Å². The van der Waals surface area contributed by atoms with E-state index in [1.54, 1.807) is 55.4 Å². The van der Waals surface area contributed by atoms with Gasteiger partial charge in [0.1, 0.15) is 5.82 Å². The summed E-state index contributed by atoms with van der Waals surface area (Å²) in [6.45, 7) is 13.3. The third kappa shape index (κ3) is 6.84. The van der Waals surface area contributed by atoms with Crippen molar-refractivity contribution < 1.29 is 42.5 Å². The van der Waals surface area contributed by atoms with Gasteiger partial charge in [0.05, 0.1) is 60.6 Å². The Morgan fingerprint density at radius 3 is 1.09 bits per heavy atom. The van der Waals surface area contributed by atoms with Crippen molar-refractivity contribution in [2.24, 2.45) is 0 Å². The molecule has 1 aromatic rings. The van der Waals surface area contributed by atoms with Crippen LogP contribution in [0.1, 0.15) is 78.4 Å². The fourth-order valence-corrected chi connectivity index (χ4v) is 6.25. The van der Waals surface area contributed by atoms with Crippen LogP contribution in [0.4, 0.5) is 4.39 Å². The smallest absolute Gasteiger partial charge is 0.336 e. The molecule has 0 unspecified atom stereocenters. The zero-order chi connectivity index (χ0) is 32.9. The normalized spacial score (nSPS) is 16.0. The van der Waals surface area contributed by atoms with Crippen LogP contribution in [0.3, 0.4) is 0 Å². The Kier molecular flexibility index (Phi) is 11.8. The highest BCUT2D eigenvalue weighted by atomic mass is 127. The number of rotatable bonds is 10. The topological polar surface area (TPSA) is 129 Å². The first-order chi connectivity index (χ1) is 20.8. The SMILES string of the molecule is CCOC(=O)C1=C(C)NC(C)=C(C(=O)OCC)C1c1cc(I)cc(C2C(C(=O)OCC)=C(C)NC(C)=C2C(=O)OCC)c1F. The van der Waals surface area contributed by atoms with Crippen LogP contribution in [-0.2, 0) is 38.1 Å². The number of nitrogens with one attached hydrogen (secondary N) is 2. The van der Waals surface area contributed by atoms with Gasteiger partial charge in [0.2, 0.25) is 0 Å². The Morgan fingerprint density at radius 1 is 0.614 bits per heavy atom. The van der Waals surface area contributed by atoms with Crippen molar-refractivity contribution in [2.45, 2.75) is 67.2 Å². The van der Waals surface area contributed by atoms with Crippen LogP contribution in [0, 0.1) is 9.39 Å². The standard InChI is InChI=1S/C32H38FIN2O8/c1-9-41-29(37)22-15(5)35-16(6)23(30(38)42-10-2)26(22)20-13-19(34)14-21(28(20)33)27-24(31(39)43-11-3)17(7)36-18(8)25(27)32(40)44-12-4/h13-14,26-27,35-36H,9-12H2,1-8H3. The van der Waals surface area contributed by atoms with Crippen LogP contribution in [0.5, 0.6) is 0 Å². The molecule has 0 saturated heterocycles. The monoisotopic (exact) mass is 724 g/mol. The van der Waals surface area contributed by atoms with Crippen molar-refractivity contribution in [3.8, 4) is 0 Å². The van der Waals surface area contributed by atoms with Crippen LogP contribution in [0.25, 0.3) is 0 Å². The highest BCUT2D eigenvalue weighted by Crippen LogP contribution is 2.46. The summed E-state index contributed by atoms with van der Waals surface area (Å²) in [5, 5.41) is 6.08. The van der Waals surface area contributed by atoms with Gasteiger partial charge in [-0.25, -0.2) is 23.6 Å². The maximum absolute atomic E-state index is 17.3. The molecule has 0 atom stereocenters. The van der Waals surface area contributed by atoms with Gasteiger partial charge in [-0.3, -0.25) is 0 Å². The summed E-state index contributed by atoms with van der Waals surface area (Å²) in [7, 11) is 0. The minimum atomic E-state index is -1.23. The van der Waals surface area contributed by atoms with E-state index in [0.29, 0.717) is 26.4 Å². The maximum Gasteiger partial charge on any atom is 0.336 e. The van der Waals surface area contributed by atoms with Crippen LogP contribution < -0.4 is 10.6 Å². The lowest BCUT2D eigenvalue weighted by molar-refractivity contribution is -0.141. The van der Waals surface area contributed by atoms with Gasteiger partial charge in [0.25, 0.3) is 0 Å². The Balaban J connectivity index is 2.44. The molecule has 44 heavy (non-hydrogen) atoms. The molecule has 2 aliphatic heterocycles. The second-order valence-electron chi connectivity index (χ2n) is 10.1. The van der Waals surface area contributed by atoms with Crippen LogP contribution >= 0.6 is 22.6 Å². The molecule has 0 aromatic heterocycles. The van der Waals surface area contributed by atoms with E-state index in [1.165, 1.54) is 12.1 Å². The number of benzene rings is 1. The fraction of sp³-hybridized carbons (Fsp3) is 0.438. The molecule has 2 aliphatic rings. The average molecular weight is 725 g/mol. The number of esters is 4. The van der Waals surface area contributed by atoms with E-state index in [0.717, 1.165) is 0 Å². The summed E-state index contributed by atoms with van der Waals surface area (Å²) in [4.78, 5) is 53.4.